The first-order chi connectivity index (χ1) is 13.6. The first-order valence-corrected chi connectivity index (χ1v) is 10.9. The summed E-state index contributed by atoms with van der Waals surface area (Å²) >= 11 is 9.65. The van der Waals surface area contributed by atoms with Crippen LogP contribution < -0.4 is 0 Å². The highest BCUT2D eigenvalue weighted by atomic mass is 79.9. The van der Waals surface area contributed by atoms with Crippen LogP contribution in [0.2, 0.25) is 5.02 Å². The number of carbonyl (C=O) groups excluding carboxylic acids is 1. The van der Waals surface area contributed by atoms with Gasteiger partial charge in [-0.05, 0) is 68.9 Å². The van der Waals surface area contributed by atoms with Gasteiger partial charge in [-0.25, -0.2) is 4.98 Å². The average Bonchev–Trinajstić information content (AvgIpc) is 2.94. The Balaban J connectivity index is 1.60. The van der Waals surface area contributed by atoms with Crippen molar-refractivity contribution in [1.29, 1.82) is 5.26 Å². The topological polar surface area (TPSA) is 57.0 Å². The molecular weight excluding hydrogens is 450 g/mol. The predicted octanol–water partition coefficient (Wildman–Crippen LogP) is 5.62. The lowest BCUT2D eigenvalue weighted by atomic mass is 9.43. The first-order valence-electron chi connectivity index (χ1n) is 9.72. The fourth-order valence-electron chi connectivity index (χ4n) is 5.93. The Morgan fingerprint density at radius 2 is 1.93 bits per heavy atom. The van der Waals surface area contributed by atoms with Crippen LogP contribution in [0.4, 0.5) is 0 Å². The lowest BCUT2D eigenvalue weighted by Gasteiger charge is -2.67. The van der Waals surface area contributed by atoms with Gasteiger partial charge in [0.2, 0.25) is 0 Å². The number of rotatable bonds is 3. The molecule has 6 heteroatoms. The number of hydrogen-bond donors (Lipinski definition) is 0. The van der Waals surface area contributed by atoms with E-state index in [1.165, 1.54) is 0 Å². The smallest absolute Gasteiger partial charge is 0.256 e. The molecule has 1 aromatic heterocycles. The molecule has 0 atom stereocenters. The summed E-state index contributed by atoms with van der Waals surface area (Å²) in [7, 11) is 0. The summed E-state index contributed by atoms with van der Waals surface area (Å²) in [6, 6.07) is 11.6. The predicted molar refractivity (Wildman–Crippen MR) is 117 cm³/mol. The van der Waals surface area contributed by atoms with Crippen molar-refractivity contribution < 1.29 is 4.79 Å². The second-order valence-corrected chi connectivity index (χ2v) is 10.5. The number of aromatic nitrogens is 1. The number of halogens is 2. The van der Waals surface area contributed by atoms with Crippen LogP contribution in [-0.2, 0) is 13.0 Å². The van der Waals surface area contributed by atoms with Gasteiger partial charge in [-0.3, -0.25) is 4.79 Å². The van der Waals surface area contributed by atoms with Crippen LogP contribution in [0, 0.1) is 28.1 Å². The van der Waals surface area contributed by atoms with Crippen LogP contribution in [0.1, 0.15) is 54.9 Å². The van der Waals surface area contributed by atoms with Crippen molar-refractivity contribution in [2.45, 2.75) is 46.7 Å². The van der Waals surface area contributed by atoms with Gasteiger partial charge in [0.15, 0.2) is 0 Å². The molecule has 0 spiro atoms. The summed E-state index contributed by atoms with van der Waals surface area (Å²) in [4.78, 5) is 19.6. The second kappa shape index (κ2) is 6.82. The van der Waals surface area contributed by atoms with E-state index in [9.17, 15) is 4.79 Å². The van der Waals surface area contributed by atoms with E-state index in [4.69, 9.17) is 16.9 Å². The molecule has 4 rings (SSSR count). The fourth-order valence-corrected chi connectivity index (χ4v) is 6.52. The second-order valence-electron chi connectivity index (χ2n) is 9.29. The number of fused-ring (bicyclic) bond motifs is 1. The van der Waals surface area contributed by atoms with E-state index in [2.05, 4.69) is 54.7 Å². The lowest BCUT2D eigenvalue weighted by Crippen LogP contribution is -2.70. The summed E-state index contributed by atoms with van der Waals surface area (Å²) in [5.74, 6) is 0.450. The van der Waals surface area contributed by atoms with Crippen LogP contribution >= 0.6 is 27.5 Å². The van der Waals surface area contributed by atoms with Gasteiger partial charge in [0, 0.05) is 6.04 Å². The lowest BCUT2D eigenvalue weighted by molar-refractivity contribution is -0.167. The number of amides is 1. The molecule has 0 unspecified atom stereocenters. The zero-order valence-corrected chi connectivity index (χ0v) is 19.3. The molecule has 4 nitrogen and oxygen atoms in total. The van der Waals surface area contributed by atoms with Crippen molar-refractivity contribution in [3.05, 3.63) is 62.3 Å². The van der Waals surface area contributed by atoms with E-state index in [1.807, 2.05) is 29.2 Å². The van der Waals surface area contributed by atoms with E-state index < -0.39 is 0 Å². The first kappa shape index (κ1) is 20.4. The molecule has 1 aliphatic carbocycles. The van der Waals surface area contributed by atoms with E-state index >= 15 is 0 Å². The minimum atomic E-state index is -0.0567. The molecule has 1 amide bonds. The van der Waals surface area contributed by atoms with Crippen LogP contribution in [-0.4, -0.2) is 21.8 Å². The Morgan fingerprint density at radius 3 is 2.55 bits per heavy atom. The summed E-state index contributed by atoms with van der Waals surface area (Å²) in [5, 5.41) is 9.61. The number of hydrogen-bond acceptors (Lipinski definition) is 3. The maximum Gasteiger partial charge on any atom is 0.256 e. The zero-order chi connectivity index (χ0) is 21.1. The van der Waals surface area contributed by atoms with Crippen molar-refractivity contribution in [2.75, 3.05) is 0 Å². The number of nitriles is 1. The van der Waals surface area contributed by atoms with Crippen molar-refractivity contribution in [1.82, 2.24) is 9.88 Å². The molecule has 0 radical (unpaired) electrons. The van der Waals surface area contributed by atoms with Crippen LogP contribution in [0.3, 0.4) is 0 Å². The van der Waals surface area contributed by atoms with Crippen LogP contribution in [0.25, 0.3) is 0 Å². The SMILES string of the molecule is CC1(C)[C@H](Cc2ccc(C#N)c(Cl)c2)C(C)(C)[C@H]1N1Cc2nc(Br)ccc2C1=O. The van der Waals surface area contributed by atoms with Gasteiger partial charge < -0.3 is 4.90 Å². The van der Waals surface area contributed by atoms with Crippen molar-refractivity contribution in [3.63, 3.8) is 0 Å². The maximum atomic E-state index is 13.1. The van der Waals surface area contributed by atoms with Crippen molar-refractivity contribution >= 4 is 33.4 Å². The van der Waals surface area contributed by atoms with Gasteiger partial charge in [0.25, 0.3) is 5.91 Å². The van der Waals surface area contributed by atoms with E-state index in [-0.39, 0.29) is 22.8 Å². The van der Waals surface area contributed by atoms with Gasteiger partial charge in [-0.15, -0.1) is 0 Å². The Kier molecular flexibility index (Phi) is 4.79. The maximum absolute atomic E-state index is 13.1. The molecule has 2 aliphatic rings. The molecule has 0 N–H and O–H groups in total. The summed E-state index contributed by atoms with van der Waals surface area (Å²) in [6.07, 6.45) is 0.862. The highest BCUT2D eigenvalue weighted by molar-refractivity contribution is 9.10. The fraction of sp³-hybridized carbons (Fsp3) is 0.435. The third-order valence-electron chi connectivity index (χ3n) is 6.86. The molecule has 1 aromatic carbocycles. The molecule has 2 heterocycles. The molecule has 1 fully saturated rings. The highest BCUT2D eigenvalue weighted by Gasteiger charge is 2.64. The number of nitrogens with zero attached hydrogens (tertiary/aromatic N) is 3. The van der Waals surface area contributed by atoms with Crippen LogP contribution in [0.5, 0.6) is 0 Å². The van der Waals surface area contributed by atoms with E-state index in [0.717, 1.165) is 22.3 Å². The Hall–Kier alpha value is -1.90. The van der Waals surface area contributed by atoms with Crippen LogP contribution in [0.15, 0.2) is 34.9 Å². The molecular formula is C23H23BrClN3O. The molecule has 29 heavy (non-hydrogen) atoms. The number of benzene rings is 1. The highest BCUT2D eigenvalue weighted by Crippen LogP contribution is 2.62. The van der Waals surface area contributed by atoms with Gasteiger partial charge in [0.05, 0.1) is 28.4 Å². The Morgan fingerprint density at radius 1 is 1.24 bits per heavy atom. The normalized spacial score (nSPS) is 24.0. The third-order valence-corrected chi connectivity index (χ3v) is 7.62. The van der Waals surface area contributed by atoms with Gasteiger partial charge in [0.1, 0.15) is 10.7 Å². The molecule has 150 valence electrons. The molecule has 1 aliphatic heterocycles. The minimum absolute atomic E-state index is 0.0567. The molecule has 0 saturated heterocycles. The largest absolute Gasteiger partial charge is 0.329 e. The third kappa shape index (κ3) is 3.08. The Labute approximate surface area is 185 Å². The van der Waals surface area contributed by atoms with E-state index in [1.54, 1.807) is 6.07 Å². The van der Waals surface area contributed by atoms with Gasteiger partial charge in [-0.2, -0.15) is 5.26 Å². The van der Waals surface area contributed by atoms with Crippen molar-refractivity contribution in [2.24, 2.45) is 16.7 Å². The minimum Gasteiger partial charge on any atom is -0.329 e. The number of carbonyl (C=O) groups is 1. The molecule has 1 saturated carbocycles. The van der Waals surface area contributed by atoms with Gasteiger partial charge in [-0.1, -0.05) is 45.4 Å². The average molecular weight is 473 g/mol. The Bertz CT molecular complexity index is 1040. The quantitative estimate of drug-likeness (QED) is 0.545. The molecule has 0 bridgehead atoms. The summed E-state index contributed by atoms with van der Waals surface area (Å²) in [6.45, 7) is 9.55. The van der Waals surface area contributed by atoms with Crippen molar-refractivity contribution in [3.8, 4) is 6.07 Å². The standard InChI is InChI=1S/C23H23BrClN3O/c1-22(2)18(10-13-5-6-14(11-26)16(25)9-13)23(3,4)21(22)28-12-17-15(20(28)29)7-8-19(24)27-17/h5-9,18,21H,10,12H2,1-4H3/t18-,21-. The number of pyridine rings is 1. The monoisotopic (exact) mass is 471 g/mol. The van der Waals surface area contributed by atoms with E-state index in [0.29, 0.717) is 28.6 Å². The molecule has 2 aromatic rings. The zero-order valence-electron chi connectivity index (χ0n) is 17.0. The van der Waals surface area contributed by atoms with Gasteiger partial charge >= 0.3 is 0 Å². The summed E-state index contributed by atoms with van der Waals surface area (Å²) in [5.41, 5.74) is 3.07. The summed E-state index contributed by atoms with van der Waals surface area (Å²) < 4.78 is 0.758.